The number of anilines is 1. The zero-order valence-corrected chi connectivity index (χ0v) is 11.5. The molecule has 0 atom stereocenters. The minimum atomic E-state index is -0.322. The Bertz CT molecular complexity index is 396. The summed E-state index contributed by atoms with van der Waals surface area (Å²) >= 11 is 3.26. The number of hydrogen-bond donors (Lipinski definition) is 2. The second-order valence-electron chi connectivity index (χ2n) is 4.02. The Labute approximate surface area is 109 Å². The van der Waals surface area contributed by atoms with Crippen LogP contribution in [0.1, 0.15) is 20.3 Å². The maximum atomic E-state index is 13.3. The van der Waals surface area contributed by atoms with Crippen molar-refractivity contribution in [2.45, 2.75) is 26.3 Å². The van der Waals surface area contributed by atoms with Crippen LogP contribution in [-0.4, -0.2) is 18.5 Å². The largest absolute Gasteiger partial charge is 0.382 e. The molecule has 0 bridgehead atoms. The molecule has 0 radical (unpaired) electrons. The molecule has 0 aliphatic carbocycles. The monoisotopic (exact) mass is 302 g/mol. The summed E-state index contributed by atoms with van der Waals surface area (Å²) in [6.45, 7) is 4.21. The third kappa shape index (κ3) is 5.17. The van der Waals surface area contributed by atoms with Crippen molar-refractivity contribution in [3.05, 3.63) is 28.5 Å². The molecule has 0 aliphatic rings. The fraction of sp³-hybridized carbons (Fsp3) is 0.417. The summed E-state index contributed by atoms with van der Waals surface area (Å²) in [7, 11) is 0. The van der Waals surface area contributed by atoms with E-state index in [9.17, 15) is 9.18 Å². The molecule has 0 aliphatic heterocycles. The predicted octanol–water partition coefficient (Wildman–Crippen LogP) is 2.91. The van der Waals surface area contributed by atoms with Crippen LogP contribution in [0.3, 0.4) is 0 Å². The van der Waals surface area contributed by atoms with Gasteiger partial charge in [-0.15, -0.1) is 0 Å². The van der Waals surface area contributed by atoms with Crippen LogP contribution < -0.4 is 10.6 Å². The van der Waals surface area contributed by atoms with Crippen molar-refractivity contribution in [2.75, 3.05) is 11.9 Å². The highest BCUT2D eigenvalue weighted by atomic mass is 79.9. The lowest BCUT2D eigenvalue weighted by molar-refractivity contribution is -0.121. The zero-order valence-electron chi connectivity index (χ0n) is 9.89. The van der Waals surface area contributed by atoms with E-state index in [1.54, 1.807) is 12.1 Å². The van der Waals surface area contributed by atoms with Crippen LogP contribution in [0.4, 0.5) is 10.1 Å². The van der Waals surface area contributed by atoms with Gasteiger partial charge in [0.1, 0.15) is 5.82 Å². The summed E-state index contributed by atoms with van der Waals surface area (Å²) in [6, 6.07) is 4.78. The molecule has 1 aromatic carbocycles. The van der Waals surface area contributed by atoms with Gasteiger partial charge in [-0.3, -0.25) is 4.79 Å². The summed E-state index contributed by atoms with van der Waals surface area (Å²) in [5.41, 5.74) is 0.400. The lowest BCUT2D eigenvalue weighted by Gasteiger charge is -2.10. The molecule has 17 heavy (non-hydrogen) atoms. The first-order valence-corrected chi connectivity index (χ1v) is 6.26. The Morgan fingerprint density at radius 1 is 1.47 bits per heavy atom. The van der Waals surface area contributed by atoms with Gasteiger partial charge in [0, 0.05) is 23.5 Å². The molecule has 1 amide bonds. The predicted molar refractivity (Wildman–Crippen MR) is 70.5 cm³/mol. The summed E-state index contributed by atoms with van der Waals surface area (Å²) in [5.74, 6) is -0.361. The van der Waals surface area contributed by atoms with Gasteiger partial charge in [0.15, 0.2) is 0 Å². The topological polar surface area (TPSA) is 41.1 Å². The smallest absolute Gasteiger partial charge is 0.221 e. The second kappa shape index (κ2) is 6.59. The van der Waals surface area contributed by atoms with Gasteiger partial charge < -0.3 is 10.6 Å². The molecule has 0 fully saturated rings. The highest BCUT2D eigenvalue weighted by molar-refractivity contribution is 9.10. The third-order valence-corrected chi connectivity index (χ3v) is 2.54. The lowest BCUT2D eigenvalue weighted by Crippen LogP contribution is -2.31. The molecule has 0 aromatic heterocycles. The molecule has 0 saturated carbocycles. The first kappa shape index (κ1) is 14.0. The Morgan fingerprint density at radius 3 is 2.82 bits per heavy atom. The van der Waals surface area contributed by atoms with E-state index in [4.69, 9.17) is 0 Å². The van der Waals surface area contributed by atoms with Crippen LogP contribution >= 0.6 is 15.9 Å². The van der Waals surface area contributed by atoms with Crippen LogP contribution in [0, 0.1) is 5.82 Å². The normalized spacial score (nSPS) is 10.4. The molecule has 0 heterocycles. The Kier molecular flexibility index (Phi) is 5.41. The van der Waals surface area contributed by atoms with Gasteiger partial charge in [-0.25, -0.2) is 4.39 Å². The molecule has 0 spiro atoms. The molecule has 1 rings (SSSR count). The first-order chi connectivity index (χ1) is 7.99. The van der Waals surface area contributed by atoms with E-state index in [2.05, 4.69) is 26.6 Å². The average Bonchev–Trinajstić information content (AvgIpc) is 2.22. The third-order valence-electron chi connectivity index (χ3n) is 2.05. The van der Waals surface area contributed by atoms with E-state index >= 15 is 0 Å². The van der Waals surface area contributed by atoms with Gasteiger partial charge in [-0.1, -0.05) is 15.9 Å². The number of carbonyl (C=O) groups is 1. The van der Waals surface area contributed by atoms with E-state index in [0.717, 1.165) is 4.47 Å². The van der Waals surface area contributed by atoms with Crippen molar-refractivity contribution in [3.8, 4) is 0 Å². The fourth-order valence-electron chi connectivity index (χ4n) is 1.34. The first-order valence-electron chi connectivity index (χ1n) is 5.47. The van der Waals surface area contributed by atoms with Crippen molar-refractivity contribution in [2.24, 2.45) is 0 Å². The summed E-state index contributed by atoms with van der Waals surface area (Å²) in [4.78, 5) is 11.3. The number of halogens is 2. The standard InChI is InChI=1S/C12H16BrFN2O/c1-8(2)16-12(17)5-6-15-11-7-9(13)3-4-10(11)14/h3-4,7-8,15H,5-6H2,1-2H3,(H,16,17). The van der Waals surface area contributed by atoms with Crippen LogP contribution in [0.5, 0.6) is 0 Å². The molecular weight excluding hydrogens is 287 g/mol. The van der Waals surface area contributed by atoms with E-state index in [1.807, 2.05) is 13.8 Å². The highest BCUT2D eigenvalue weighted by Crippen LogP contribution is 2.19. The van der Waals surface area contributed by atoms with Crippen molar-refractivity contribution in [1.29, 1.82) is 0 Å². The van der Waals surface area contributed by atoms with Crippen LogP contribution in [0.15, 0.2) is 22.7 Å². The van der Waals surface area contributed by atoms with E-state index < -0.39 is 0 Å². The molecule has 0 saturated heterocycles. The van der Waals surface area contributed by atoms with Crippen LogP contribution in [-0.2, 0) is 4.79 Å². The summed E-state index contributed by atoms with van der Waals surface area (Å²) < 4.78 is 14.1. The number of amides is 1. The van der Waals surface area contributed by atoms with Crippen molar-refractivity contribution < 1.29 is 9.18 Å². The van der Waals surface area contributed by atoms with Gasteiger partial charge >= 0.3 is 0 Å². The quantitative estimate of drug-likeness (QED) is 0.878. The number of nitrogens with one attached hydrogen (secondary N) is 2. The van der Waals surface area contributed by atoms with Gasteiger partial charge in [-0.05, 0) is 32.0 Å². The summed E-state index contributed by atoms with van der Waals surface area (Å²) in [5, 5.41) is 5.67. The Balaban J connectivity index is 2.40. The van der Waals surface area contributed by atoms with Gasteiger partial charge in [0.2, 0.25) is 5.91 Å². The molecule has 3 nitrogen and oxygen atoms in total. The van der Waals surface area contributed by atoms with Gasteiger partial charge in [-0.2, -0.15) is 0 Å². The summed E-state index contributed by atoms with van der Waals surface area (Å²) in [6.07, 6.45) is 0.324. The number of carbonyl (C=O) groups excluding carboxylic acids is 1. The van der Waals surface area contributed by atoms with E-state index in [-0.39, 0.29) is 17.8 Å². The molecule has 1 aromatic rings. The maximum absolute atomic E-state index is 13.3. The number of hydrogen-bond acceptors (Lipinski definition) is 2. The van der Waals surface area contributed by atoms with Crippen molar-refractivity contribution >= 4 is 27.5 Å². The highest BCUT2D eigenvalue weighted by Gasteiger charge is 2.05. The van der Waals surface area contributed by atoms with E-state index in [1.165, 1.54) is 6.07 Å². The Morgan fingerprint density at radius 2 is 2.18 bits per heavy atom. The fourth-order valence-corrected chi connectivity index (χ4v) is 1.70. The minimum Gasteiger partial charge on any atom is -0.382 e. The molecule has 94 valence electrons. The van der Waals surface area contributed by atoms with Gasteiger partial charge in [0.25, 0.3) is 0 Å². The second-order valence-corrected chi connectivity index (χ2v) is 4.94. The van der Waals surface area contributed by atoms with Crippen LogP contribution in [0.2, 0.25) is 0 Å². The number of benzene rings is 1. The number of rotatable bonds is 5. The Hall–Kier alpha value is -1.10. The van der Waals surface area contributed by atoms with Gasteiger partial charge in [0.05, 0.1) is 5.69 Å². The zero-order chi connectivity index (χ0) is 12.8. The van der Waals surface area contributed by atoms with Crippen LogP contribution in [0.25, 0.3) is 0 Å². The average molecular weight is 303 g/mol. The SMILES string of the molecule is CC(C)NC(=O)CCNc1cc(Br)ccc1F. The maximum Gasteiger partial charge on any atom is 0.221 e. The minimum absolute atomic E-state index is 0.0390. The van der Waals surface area contributed by atoms with Crippen molar-refractivity contribution in [3.63, 3.8) is 0 Å². The lowest BCUT2D eigenvalue weighted by atomic mass is 10.3. The molecular formula is C12H16BrFN2O. The van der Waals surface area contributed by atoms with Crippen molar-refractivity contribution in [1.82, 2.24) is 5.32 Å². The molecule has 0 unspecified atom stereocenters. The molecule has 2 N–H and O–H groups in total. The molecule has 5 heteroatoms. The van der Waals surface area contributed by atoms with E-state index in [0.29, 0.717) is 18.7 Å².